The lowest BCUT2D eigenvalue weighted by molar-refractivity contribution is -0.155. The highest BCUT2D eigenvalue weighted by Gasteiger charge is 2.39. The zero-order valence-electron chi connectivity index (χ0n) is 17.4. The first kappa shape index (κ1) is 21.2. The molecule has 0 radical (unpaired) electrons. The fourth-order valence-electron chi connectivity index (χ4n) is 4.14. The lowest BCUT2D eigenvalue weighted by Crippen LogP contribution is -2.56. The summed E-state index contributed by atoms with van der Waals surface area (Å²) in [7, 11) is 4.48. The number of methoxy groups -OCH3 is 3. The summed E-state index contributed by atoms with van der Waals surface area (Å²) < 4.78 is 21.9. The lowest BCUT2D eigenvalue weighted by atomic mass is 9.83. The molecule has 3 rings (SSSR count). The summed E-state index contributed by atoms with van der Waals surface area (Å²) in [6, 6.07) is 3.12. The number of hydrogen-bond acceptors (Lipinski definition) is 6. The van der Waals surface area contributed by atoms with Crippen molar-refractivity contribution in [2.24, 2.45) is 0 Å². The number of rotatable bonds is 6. The van der Waals surface area contributed by atoms with Crippen LogP contribution in [0.3, 0.4) is 0 Å². The summed E-state index contributed by atoms with van der Waals surface area (Å²) in [6.45, 7) is 1.64. The van der Waals surface area contributed by atoms with E-state index in [-0.39, 0.29) is 24.0 Å². The van der Waals surface area contributed by atoms with Crippen LogP contribution in [-0.4, -0.2) is 69.9 Å². The van der Waals surface area contributed by atoms with Crippen LogP contribution in [0.4, 0.5) is 0 Å². The van der Waals surface area contributed by atoms with Crippen LogP contribution >= 0.6 is 0 Å². The standard InChI is InChI=1S/C21H30N2O6/c1-26-16-11-15(12-17(27-2)19(16)28-3)20(25)22-13-18(24)23-9-10-29-21(14-23)7-5-4-6-8-21/h11-12H,4-10,13-14H2,1-3H3,(H,22,25). The van der Waals surface area contributed by atoms with Crippen LogP contribution < -0.4 is 19.5 Å². The zero-order chi connectivity index (χ0) is 20.9. The Morgan fingerprint density at radius 2 is 1.72 bits per heavy atom. The fourth-order valence-corrected chi connectivity index (χ4v) is 4.14. The Hall–Kier alpha value is -2.48. The van der Waals surface area contributed by atoms with E-state index in [1.54, 1.807) is 12.1 Å². The lowest BCUT2D eigenvalue weighted by Gasteiger charge is -2.45. The highest BCUT2D eigenvalue weighted by molar-refractivity contribution is 5.97. The zero-order valence-corrected chi connectivity index (χ0v) is 17.4. The molecule has 1 saturated heterocycles. The Kier molecular flexibility index (Phi) is 6.84. The van der Waals surface area contributed by atoms with Crippen molar-refractivity contribution in [1.82, 2.24) is 10.2 Å². The average molecular weight is 406 g/mol. The predicted molar refractivity (Wildman–Crippen MR) is 107 cm³/mol. The predicted octanol–water partition coefficient (Wildman–Crippen LogP) is 2.00. The van der Waals surface area contributed by atoms with E-state index in [0.717, 1.165) is 25.7 Å². The van der Waals surface area contributed by atoms with E-state index in [0.29, 0.717) is 42.5 Å². The van der Waals surface area contributed by atoms with Gasteiger partial charge in [0.15, 0.2) is 11.5 Å². The van der Waals surface area contributed by atoms with Crippen LogP contribution in [0.1, 0.15) is 42.5 Å². The molecule has 1 spiro atoms. The topological polar surface area (TPSA) is 86.3 Å². The number of carbonyl (C=O) groups is 2. The van der Waals surface area contributed by atoms with Gasteiger partial charge in [0.2, 0.25) is 11.7 Å². The minimum Gasteiger partial charge on any atom is -0.493 e. The maximum absolute atomic E-state index is 12.7. The number of ether oxygens (including phenoxy) is 4. The van der Waals surface area contributed by atoms with Crippen molar-refractivity contribution in [2.45, 2.75) is 37.7 Å². The second-order valence-corrected chi connectivity index (χ2v) is 7.50. The third-order valence-corrected chi connectivity index (χ3v) is 5.69. The normalized spacial score (nSPS) is 18.2. The third-order valence-electron chi connectivity index (χ3n) is 5.69. The monoisotopic (exact) mass is 406 g/mol. The molecule has 1 aliphatic carbocycles. The average Bonchev–Trinajstić information content (AvgIpc) is 2.76. The molecular formula is C21H30N2O6. The van der Waals surface area contributed by atoms with Gasteiger partial charge in [-0.3, -0.25) is 9.59 Å². The Labute approximate surface area is 171 Å². The molecule has 160 valence electrons. The van der Waals surface area contributed by atoms with Crippen molar-refractivity contribution >= 4 is 11.8 Å². The fraction of sp³-hybridized carbons (Fsp3) is 0.619. The number of hydrogen-bond donors (Lipinski definition) is 1. The summed E-state index contributed by atoms with van der Waals surface area (Å²) >= 11 is 0. The van der Waals surface area contributed by atoms with Gasteiger partial charge in [-0.2, -0.15) is 0 Å². The van der Waals surface area contributed by atoms with Gasteiger partial charge >= 0.3 is 0 Å². The van der Waals surface area contributed by atoms with E-state index in [1.807, 2.05) is 4.90 Å². The van der Waals surface area contributed by atoms with Crippen LogP contribution in [0.5, 0.6) is 17.2 Å². The molecule has 1 heterocycles. The highest BCUT2D eigenvalue weighted by atomic mass is 16.5. The van der Waals surface area contributed by atoms with Crippen LogP contribution in [0.15, 0.2) is 12.1 Å². The summed E-state index contributed by atoms with van der Waals surface area (Å²) in [5.41, 5.74) is 0.130. The van der Waals surface area contributed by atoms with Gasteiger partial charge in [-0.15, -0.1) is 0 Å². The van der Waals surface area contributed by atoms with E-state index in [2.05, 4.69) is 5.32 Å². The Morgan fingerprint density at radius 1 is 1.07 bits per heavy atom. The van der Waals surface area contributed by atoms with Crippen LogP contribution in [0.2, 0.25) is 0 Å². The van der Waals surface area contributed by atoms with Gasteiger partial charge in [0.05, 0.1) is 40.1 Å². The molecule has 8 nitrogen and oxygen atoms in total. The van der Waals surface area contributed by atoms with Gasteiger partial charge in [0.1, 0.15) is 0 Å². The number of carbonyl (C=O) groups excluding carboxylic acids is 2. The second-order valence-electron chi connectivity index (χ2n) is 7.50. The van der Waals surface area contributed by atoms with Crippen molar-refractivity contribution in [1.29, 1.82) is 0 Å². The second kappa shape index (κ2) is 9.35. The number of morpholine rings is 1. The minimum atomic E-state index is -0.377. The summed E-state index contributed by atoms with van der Waals surface area (Å²) in [5.74, 6) is 0.706. The summed E-state index contributed by atoms with van der Waals surface area (Å²) in [4.78, 5) is 27.1. The molecule has 1 aromatic rings. The number of benzene rings is 1. The first-order valence-corrected chi connectivity index (χ1v) is 10.0. The maximum atomic E-state index is 12.7. The molecule has 1 N–H and O–H groups in total. The maximum Gasteiger partial charge on any atom is 0.251 e. The Bertz CT molecular complexity index is 714. The van der Waals surface area contributed by atoms with Gasteiger partial charge in [-0.25, -0.2) is 0 Å². The molecule has 0 unspecified atom stereocenters. The van der Waals surface area contributed by atoms with Gasteiger partial charge in [-0.05, 0) is 25.0 Å². The smallest absolute Gasteiger partial charge is 0.251 e. The van der Waals surface area contributed by atoms with Crippen molar-refractivity contribution < 1.29 is 28.5 Å². The van der Waals surface area contributed by atoms with Gasteiger partial charge in [0.25, 0.3) is 5.91 Å². The molecule has 29 heavy (non-hydrogen) atoms. The van der Waals surface area contributed by atoms with E-state index in [4.69, 9.17) is 18.9 Å². The number of amides is 2. The molecule has 0 atom stereocenters. The summed E-state index contributed by atoms with van der Waals surface area (Å²) in [5, 5.41) is 2.70. The number of nitrogens with zero attached hydrogens (tertiary/aromatic N) is 1. The molecule has 2 aliphatic rings. The van der Waals surface area contributed by atoms with E-state index >= 15 is 0 Å². The van der Waals surface area contributed by atoms with E-state index < -0.39 is 0 Å². The molecule has 8 heteroatoms. The first-order valence-electron chi connectivity index (χ1n) is 10.0. The van der Waals surface area contributed by atoms with Gasteiger partial charge < -0.3 is 29.2 Å². The van der Waals surface area contributed by atoms with Crippen LogP contribution in [0.25, 0.3) is 0 Å². The molecule has 1 aliphatic heterocycles. The Balaban J connectivity index is 1.62. The molecular weight excluding hydrogens is 376 g/mol. The first-order chi connectivity index (χ1) is 14.0. The molecule has 0 bridgehead atoms. The quantitative estimate of drug-likeness (QED) is 0.778. The van der Waals surface area contributed by atoms with Gasteiger partial charge in [0, 0.05) is 18.7 Å². The molecule has 2 fully saturated rings. The number of nitrogens with one attached hydrogen (secondary N) is 1. The van der Waals surface area contributed by atoms with Gasteiger partial charge in [-0.1, -0.05) is 19.3 Å². The van der Waals surface area contributed by atoms with Crippen molar-refractivity contribution in [2.75, 3.05) is 47.6 Å². The van der Waals surface area contributed by atoms with Crippen molar-refractivity contribution in [3.63, 3.8) is 0 Å². The Morgan fingerprint density at radius 3 is 2.31 bits per heavy atom. The van der Waals surface area contributed by atoms with Crippen LogP contribution in [-0.2, 0) is 9.53 Å². The van der Waals surface area contributed by atoms with Crippen LogP contribution in [0, 0.1) is 0 Å². The SMILES string of the molecule is COc1cc(C(=O)NCC(=O)N2CCOC3(CCCCC3)C2)cc(OC)c1OC. The van der Waals surface area contributed by atoms with E-state index in [1.165, 1.54) is 27.8 Å². The third kappa shape index (κ3) is 4.75. The molecule has 0 aromatic heterocycles. The molecule has 2 amide bonds. The molecule has 1 aromatic carbocycles. The molecule has 1 saturated carbocycles. The summed E-state index contributed by atoms with van der Waals surface area (Å²) in [6.07, 6.45) is 5.49. The van der Waals surface area contributed by atoms with E-state index in [9.17, 15) is 9.59 Å². The van der Waals surface area contributed by atoms with Crippen molar-refractivity contribution in [3.8, 4) is 17.2 Å². The highest BCUT2D eigenvalue weighted by Crippen LogP contribution is 2.38. The minimum absolute atomic E-state index is 0.0639. The largest absolute Gasteiger partial charge is 0.493 e. The van der Waals surface area contributed by atoms with Crippen molar-refractivity contribution in [3.05, 3.63) is 17.7 Å².